The zero-order valence-electron chi connectivity index (χ0n) is 19.1. The average Bonchev–Trinajstić information content (AvgIpc) is 3.54. The number of likely N-dealkylation sites (tertiary alicyclic amines) is 1. The highest BCUT2D eigenvalue weighted by Gasteiger charge is 2.29. The molecule has 0 saturated carbocycles. The van der Waals surface area contributed by atoms with Crippen molar-refractivity contribution in [1.82, 2.24) is 19.7 Å². The second-order valence-corrected chi connectivity index (χ2v) is 9.60. The number of nitrogens with zero attached hydrogens (tertiary/aromatic N) is 4. The minimum Gasteiger partial charge on any atom is -0.508 e. The minimum atomic E-state index is -0.288. The Morgan fingerprint density at radius 2 is 2.03 bits per heavy atom. The number of carbonyl (C=O) groups is 2. The molecule has 0 bridgehead atoms. The maximum atomic E-state index is 12.7. The summed E-state index contributed by atoms with van der Waals surface area (Å²) in [5.41, 5.74) is 2.09. The number of aromatic nitrogens is 3. The van der Waals surface area contributed by atoms with E-state index in [4.69, 9.17) is 0 Å². The van der Waals surface area contributed by atoms with Crippen LogP contribution < -0.4 is 10.6 Å². The summed E-state index contributed by atoms with van der Waals surface area (Å²) in [6.45, 7) is 8.87. The first-order valence-electron chi connectivity index (χ1n) is 10.9. The number of hydrogen-bond acceptors (Lipinski definition) is 7. The summed E-state index contributed by atoms with van der Waals surface area (Å²) in [7, 11) is 0. The number of anilines is 3. The van der Waals surface area contributed by atoms with Gasteiger partial charge in [0.15, 0.2) is 10.9 Å². The van der Waals surface area contributed by atoms with Crippen LogP contribution in [0.3, 0.4) is 0 Å². The number of phenolic OH excluding ortho intramolecular Hbond substituents is 1. The lowest BCUT2D eigenvalue weighted by atomic mass is 10.1. The predicted molar refractivity (Wildman–Crippen MR) is 128 cm³/mol. The van der Waals surface area contributed by atoms with Gasteiger partial charge in [-0.25, -0.2) is 4.98 Å². The van der Waals surface area contributed by atoms with Gasteiger partial charge in [0.25, 0.3) is 5.91 Å². The first-order valence-corrected chi connectivity index (χ1v) is 11.7. The van der Waals surface area contributed by atoms with E-state index in [0.29, 0.717) is 33.6 Å². The SMILES string of the molecule is Cc1ccc(O)c(C)c1NC(=O)c1cnc(Nc2ccn([C@@H]3CCN(C(=O)C(C)C)C3)n2)s1. The standard InChI is InChI=1S/C23H28N6O3S/c1-13(2)22(32)28-9-7-16(12-28)29-10-8-19(27-29)25-23-24-11-18(33-23)21(31)26-20-14(3)5-6-17(30)15(20)4/h5-6,8,10-11,13,16,30H,7,9,12H2,1-4H3,(H,26,31)(H,24,25,27)/t16-/m1/s1. The van der Waals surface area contributed by atoms with E-state index in [-0.39, 0.29) is 29.5 Å². The van der Waals surface area contributed by atoms with Gasteiger partial charge in [0.05, 0.1) is 17.9 Å². The van der Waals surface area contributed by atoms with Crippen LogP contribution in [-0.4, -0.2) is 49.7 Å². The zero-order chi connectivity index (χ0) is 23.7. The van der Waals surface area contributed by atoms with Crippen LogP contribution in [0.1, 0.15) is 47.1 Å². The molecule has 1 aliphatic heterocycles. The van der Waals surface area contributed by atoms with E-state index >= 15 is 0 Å². The molecule has 1 fully saturated rings. The Hall–Kier alpha value is -3.40. The van der Waals surface area contributed by atoms with Gasteiger partial charge < -0.3 is 20.6 Å². The topological polar surface area (TPSA) is 112 Å². The van der Waals surface area contributed by atoms with Crippen molar-refractivity contribution >= 4 is 39.8 Å². The summed E-state index contributed by atoms with van der Waals surface area (Å²) in [5.74, 6) is 0.647. The van der Waals surface area contributed by atoms with E-state index in [0.717, 1.165) is 18.5 Å². The van der Waals surface area contributed by atoms with Crippen LogP contribution in [0.15, 0.2) is 30.6 Å². The second kappa shape index (κ2) is 9.22. The minimum absolute atomic E-state index is 0.00434. The summed E-state index contributed by atoms with van der Waals surface area (Å²) in [5, 5.41) is 21.1. The molecule has 3 N–H and O–H groups in total. The highest BCUT2D eigenvalue weighted by molar-refractivity contribution is 7.17. The molecule has 10 heteroatoms. The molecule has 0 spiro atoms. The van der Waals surface area contributed by atoms with E-state index < -0.39 is 0 Å². The Kier molecular flexibility index (Phi) is 6.37. The lowest BCUT2D eigenvalue weighted by Gasteiger charge is -2.18. The van der Waals surface area contributed by atoms with Gasteiger partial charge in [0.1, 0.15) is 10.6 Å². The van der Waals surface area contributed by atoms with E-state index in [1.807, 2.05) is 42.6 Å². The van der Waals surface area contributed by atoms with E-state index in [9.17, 15) is 14.7 Å². The number of aryl methyl sites for hydroxylation is 1. The van der Waals surface area contributed by atoms with E-state index in [1.54, 1.807) is 19.1 Å². The number of hydrogen-bond donors (Lipinski definition) is 3. The third kappa shape index (κ3) is 4.85. The number of benzene rings is 1. The summed E-state index contributed by atoms with van der Waals surface area (Å²) in [6.07, 6.45) is 4.28. The summed E-state index contributed by atoms with van der Waals surface area (Å²) >= 11 is 1.22. The number of carbonyl (C=O) groups excluding carboxylic acids is 2. The van der Waals surface area contributed by atoms with Crippen molar-refractivity contribution in [3.63, 3.8) is 0 Å². The molecular formula is C23H28N6O3S. The third-order valence-electron chi connectivity index (χ3n) is 5.80. The maximum Gasteiger partial charge on any atom is 0.267 e. The lowest BCUT2D eigenvalue weighted by molar-refractivity contribution is -0.133. The fourth-order valence-electron chi connectivity index (χ4n) is 3.88. The molecule has 0 radical (unpaired) electrons. The van der Waals surface area contributed by atoms with Crippen molar-refractivity contribution in [2.24, 2.45) is 5.92 Å². The van der Waals surface area contributed by atoms with Crippen LogP contribution >= 0.6 is 11.3 Å². The maximum absolute atomic E-state index is 12.7. The third-order valence-corrected chi connectivity index (χ3v) is 6.71. The largest absolute Gasteiger partial charge is 0.508 e. The average molecular weight is 469 g/mol. The molecule has 174 valence electrons. The van der Waals surface area contributed by atoms with Crippen molar-refractivity contribution in [2.45, 2.75) is 40.2 Å². The van der Waals surface area contributed by atoms with Crippen LogP contribution in [-0.2, 0) is 4.79 Å². The number of amides is 2. The lowest BCUT2D eigenvalue weighted by Crippen LogP contribution is -2.32. The quantitative estimate of drug-likeness (QED) is 0.502. The second-order valence-electron chi connectivity index (χ2n) is 8.57. The summed E-state index contributed by atoms with van der Waals surface area (Å²) < 4.78 is 1.88. The van der Waals surface area contributed by atoms with Crippen LogP contribution in [0.25, 0.3) is 0 Å². The van der Waals surface area contributed by atoms with Gasteiger partial charge in [-0.2, -0.15) is 5.10 Å². The first kappa shape index (κ1) is 22.8. The van der Waals surface area contributed by atoms with Crippen molar-refractivity contribution in [3.8, 4) is 5.75 Å². The van der Waals surface area contributed by atoms with E-state index in [2.05, 4.69) is 20.7 Å². The van der Waals surface area contributed by atoms with Crippen LogP contribution in [0.4, 0.5) is 16.6 Å². The molecule has 3 heterocycles. The van der Waals surface area contributed by atoms with Gasteiger partial charge in [-0.05, 0) is 31.9 Å². The number of thiazole rings is 1. The zero-order valence-corrected chi connectivity index (χ0v) is 19.9. The predicted octanol–water partition coefficient (Wildman–Crippen LogP) is 4.09. The monoisotopic (exact) mass is 468 g/mol. The molecule has 2 aromatic heterocycles. The van der Waals surface area contributed by atoms with Crippen molar-refractivity contribution in [2.75, 3.05) is 23.7 Å². The first-order chi connectivity index (χ1) is 15.7. The number of rotatable bonds is 6. The Labute approximate surface area is 196 Å². The fourth-order valence-corrected chi connectivity index (χ4v) is 4.60. The molecule has 1 aromatic carbocycles. The molecule has 0 aliphatic carbocycles. The Morgan fingerprint density at radius 3 is 2.79 bits per heavy atom. The highest BCUT2D eigenvalue weighted by atomic mass is 32.1. The summed E-state index contributed by atoms with van der Waals surface area (Å²) in [4.78, 5) is 31.6. The number of aromatic hydroxyl groups is 1. The smallest absolute Gasteiger partial charge is 0.267 e. The Balaban J connectivity index is 1.39. The number of nitrogens with one attached hydrogen (secondary N) is 2. The molecule has 0 unspecified atom stereocenters. The van der Waals surface area contributed by atoms with Crippen molar-refractivity contribution in [1.29, 1.82) is 0 Å². The van der Waals surface area contributed by atoms with Gasteiger partial charge in [-0.1, -0.05) is 31.3 Å². The molecule has 1 aliphatic rings. The normalized spacial score (nSPS) is 15.8. The van der Waals surface area contributed by atoms with Crippen LogP contribution in [0, 0.1) is 19.8 Å². The molecule has 9 nitrogen and oxygen atoms in total. The molecule has 4 rings (SSSR count). The van der Waals surface area contributed by atoms with Crippen LogP contribution in [0.2, 0.25) is 0 Å². The molecule has 1 atom stereocenters. The molecule has 2 amide bonds. The highest BCUT2D eigenvalue weighted by Crippen LogP contribution is 2.30. The van der Waals surface area contributed by atoms with E-state index in [1.165, 1.54) is 17.5 Å². The molecule has 1 saturated heterocycles. The van der Waals surface area contributed by atoms with Gasteiger partial charge in [0.2, 0.25) is 5.91 Å². The van der Waals surface area contributed by atoms with Crippen LogP contribution in [0.5, 0.6) is 5.75 Å². The van der Waals surface area contributed by atoms with Gasteiger partial charge in [-0.3, -0.25) is 14.3 Å². The molecule has 33 heavy (non-hydrogen) atoms. The van der Waals surface area contributed by atoms with Crippen molar-refractivity contribution < 1.29 is 14.7 Å². The fraction of sp³-hybridized carbons (Fsp3) is 0.391. The number of phenols is 1. The van der Waals surface area contributed by atoms with Gasteiger partial charge in [0, 0.05) is 36.8 Å². The molecule has 3 aromatic rings. The Bertz CT molecular complexity index is 1180. The van der Waals surface area contributed by atoms with Crippen molar-refractivity contribution in [3.05, 3.63) is 46.6 Å². The van der Waals surface area contributed by atoms with Gasteiger partial charge in [-0.15, -0.1) is 0 Å². The Morgan fingerprint density at radius 1 is 1.24 bits per heavy atom. The van der Waals surface area contributed by atoms with Gasteiger partial charge >= 0.3 is 0 Å². The summed E-state index contributed by atoms with van der Waals surface area (Å²) in [6, 6.07) is 5.37. The molecular weight excluding hydrogens is 440 g/mol.